The van der Waals surface area contributed by atoms with Crippen LogP contribution in [0, 0.1) is 10.1 Å². The number of rotatable bonds is 8. The van der Waals surface area contributed by atoms with Crippen LogP contribution in [0.5, 0.6) is 0 Å². The van der Waals surface area contributed by atoms with Gasteiger partial charge in [-0.25, -0.2) is 4.98 Å². The minimum atomic E-state index is -5.08. The van der Waals surface area contributed by atoms with Crippen molar-refractivity contribution in [1.82, 2.24) is 9.55 Å². The van der Waals surface area contributed by atoms with Gasteiger partial charge in [-0.05, 0) is 22.4 Å². The van der Waals surface area contributed by atoms with Gasteiger partial charge in [0.05, 0.1) is 22.7 Å². The Labute approximate surface area is 241 Å². The molecule has 2 aromatic heterocycles. The fourth-order valence-corrected chi connectivity index (χ4v) is 5.82. The molecule has 0 radical (unpaired) electrons. The molecule has 2 heterocycles. The van der Waals surface area contributed by atoms with Gasteiger partial charge in [-0.1, -0.05) is 72.8 Å². The molecule has 11 heteroatoms. The Morgan fingerprint density at radius 3 is 2.45 bits per heavy atom. The van der Waals surface area contributed by atoms with E-state index in [0.717, 1.165) is 39.3 Å². The molecule has 42 heavy (non-hydrogen) atoms. The summed E-state index contributed by atoms with van der Waals surface area (Å²) in [5.41, 5.74) is -1.57. The number of nitrogens with zero attached hydrogens (tertiary/aromatic N) is 3. The van der Waals surface area contributed by atoms with E-state index in [-0.39, 0.29) is 28.3 Å². The zero-order chi connectivity index (χ0) is 29.5. The average molecular weight is 589 g/mol. The second kappa shape index (κ2) is 10.6. The number of nitro groups is 1. The summed E-state index contributed by atoms with van der Waals surface area (Å²) >= 11 is 1.13. The van der Waals surface area contributed by atoms with Crippen molar-refractivity contribution in [1.29, 1.82) is 0 Å². The number of anilines is 1. The van der Waals surface area contributed by atoms with Gasteiger partial charge in [-0.2, -0.15) is 13.2 Å². The van der Waals surface area contributed by atoms with E-state index in [0.29, 0.717) is 5.69 Å². The first-order valence-corrected chi connectivity index (χ1v) is 13.8. The fraction of sp³-hybridized carbons (Fsp3) is 0.129. The summed E-state index contributed by atoms with van der Waals surface area (Å²) in [6.07, 6.45) is -3.86. The first-order chi connectivity index (χ1) is 20.1. The van der Waals surface area contributed by atoms with Gasteiger partial charge in [-0.15, -0.1) is 11.3 Å². The molecule has 0 amide bonds. The summed E-state index contributed by atoms with van der Waals surface area (Å²) < 4.78 is 45.5. The zero-order valence-corrected chi connectivity index (χ0v) is 22.7. The van der Waals surface area contributed by atoms with E-state index in [1.807, 2.05) is 48.5 Å². The molecule has 0 spiro atoms. The Hall–Kier alpha value is -4.74. The van der Waals surface area contributed by atoms with Crippen molar-refractivity contribution >= 4 is 43.8 Å². The van der Waals surface area contributed by atoms with Crippen molar-refractivity contribution in [3.63, 3.8) is 0 Å². The van der Waals surface area contributed by atoms with Crippen LogP contribution >= 0.6 is 11.3 Å². The van der Waals surface area contributed by atoms with Crippen LogP contribution in [0.1, 0.15) is 11.1 Å². The summed E-state index contributed by atoms with van der Waals surface area (Å²) in [6.45, 7) is -0.763. The lowest BCUT2D eigenvalue weighted by atomic mass is 9.92. The summed E-state index contributed by atoms with van der Waals surface area (Å²) in [4.78, 5) is 15.4. The second-order valence-corrected chi connectivity index (χ2v) is 10.7. The summed E-state index contributed by atoms with van der Waals surface area (Å²) in [6, 6.07) is 26.1. The van der Waals surface area contributed by atoms with Crippen LogP contribution < -0.4 is 5.32 Å². The average Bonchev–Trinajstić information content (AvgIpc) is 3.60. The highest BCUT2D eigenvalue weighted by atomic mass is 32.1. The fourth-order valence-electron chi connectivity index (χ4n) is 5.11. The number of aromatic nitrogens is 2. The molecule has 0 aliphatic carbocycles. The maximum Gasteiger partial charge on any atom is 0.423 e. The number of alkyl halides is 3. The molecule has 0 fully saturated rings. The normalized spacial score (nSPS) is 13.3. The lowest BCUT2D eigenvalue weighted by Gasteiger charge is -2.30. The van der Waals surface area contributed by atoms with Crippen molar-refractivity contribution in [2.45, 2.75) is 18.3 Å². The minimum Gasteiger partial charge on any atom is -0.375 e. The molecule has 2 N–H and O–H groups in total. The largest absolute Gasteiger partial charge is 0.423 e. The van der Waals surface area contributed by atoms with E-state index in [4.69, 9.17) is 0 Å². The van der Waals surface area contributed by atoms with E-state index < -0.39 is 28.8 Å². The van der Waals surface area contributed by atoms with Gasteiger partial charge in [0.1, 0.15) is 0 Å². The quantitative estimate of drug-likeness (QED) is 0.140. The molecule has 7 nitrogen and oxygen atoms in total. The van der Waals surface area contributed by atoms with Crippen LogP contribution in [0.2, 0.25) is 0 Å². The molecular formula is C31H23F3N4O3S. The van der Waals surface area contributed by atoms with Crippen LogP contribution in [-0.2, 0) is 12.1 Å². The number of non-ortho nitro benzene ring substituents is 1. The molecule has 0 saturated carbocycles. The number of hydrogen-bond donors (Lipinski definition) is 2. The molecule has 0 bridgehead atoms. The Bertz CT molecular complexity index is 1910. The van der Waals surface area contributed by atoms with Gasteiger partial charge in [0.15, 0.2) is 5.13 Å². The Morgan fingerprint density at radius 2 is 1.69 bits per heavy atom. The molecule has 4 aromatic carbocycles. The molecule has 1 atom stereocenters. The van der Waals surface area contributed by atoms with Crippen molar-refractivity contribution in [2.24, 2.45) is 0 Å². The van der Waals surface area contributed by atoms with E-state index in [9.17, 15) is 28.4 Å². The smallest absolute Gasteiger partial charge is 0.375 e. The number of hydrogen-bond acceptors (Lipinski definition) is 6. The highest BCUT2D eigenvalue weighted by Crippen LogP contribution is 2.44. The third kappa shape index (κ3) is 4.97. The molecule has 6 rings (SSSR count). The minimum absolute atomic E-state index is 0.0636. The lowest BCUT2D eigenvalue weighted by Crippen LogP contribution is -2.47. The van der Waals surface area contributed by atoms with E-state index >= 15 is 0 Å². The number of aliphatic hydroxyl groups is 1. The van der Waals surface area contributed by atoms with Crippen molar-refractivity contribution in [3.8, 4) is 11.3 Å². The monoisotopic (exact) mass is 588 g/mol. The number of benzene rings is 4. The van der Waals surface area contributed by atoms with Crippen molar-refractivity contribution in [2.75, 3.05) is 11.9 Å². The van der Waals surface area contributed by atoms with Gasteiger partial charge in [0.2, 0.25) is 5.60 Å². The van der Waals surface area contributed by atoms with E-state index in [2.05, 4.69) is 10.3 Å². The summed E-state index contributed by atoms with van der Waals surface area (Å²) in [5.74, 6) is 0. The maximum atomic E-state index is 14.7. The number of nitrogens with one attached hydrogen (secondary N) is 1. The van der Waals surface area contributed by atoms with Crippen molar-refractivity contribution < 1.29 is 23.2 Å². The number of halogens is 3. The lowest BCUT2D eigenvalue weighted by molar-refractivity contribution is -0.384. The zero-order valence-electron chi connectivity index (χ0n) is 21.9. The van der Waals surface area contributed by atoms with Gasteiger partial charge in [0, 0.05) is 46.8 Å². The van der Waals surface area contributed by atoms with E-state index in [1.165, 1.54) is 22.9 Å². The number of nitro benzene ring substituents is 1. The summed E-state index contributed by atoms with van der Waals surface area (Å²) in [7, 11) is 0. The van der Waals surface area contributed by atoms with Crippen LogP contribution in [-0.4, -0.2) is 32.3 Å². The third-order valence-corrected chi connectivity index (χ3v) is 8.05. The highest BCUT2D eigenvalue weighted by Gasteiger charge is 2.56. The van der Waals surface area contributed by atoms with Crippen LogP contribution in [0.15, 0.2) is 103 Å². The van der Waals surface area contributed by atoms with Gasteiger partial charge in [-0.3, -0.25) is 10.1 Å². The van der Waals surface area contributed by atoms with Crippen LogP contribution in [0.3, 0.4) is 0 Å². The standard InChI is InChI=1S/C31H23F3N4O3S/c32-31(33,34)30(39,19-35-29-36-27(18-42-29)24-12-6-10-21-9-4-5-11-23(21)24)26-17-37(16-20-7-2-1-3-8-20)28-15-22(38(40)41)13-14-25(26)28/h1-15,17-18,39H,16,19H2,(H,35,36). The Kier molecular flexibility index (Phi) is 6.91. The number of fused-ring (bicyclic) bond motifs is 2. The first kappa shape index (κ1) is 27.4. The van der Waals surface area contributed by atoms with Gasteiger partial charge >= 0.3 is 6.18 Å². The highest BCUT2D eigenvalue weighted by molar-refractivity contribution is 7.14. The predicted octanol–water partition coefficient (Wildman–Crippen LogP) is 7.74. The molecule has 0 saturated heterocycles. The van der Waals surface area contributed by atoms with Crippen LogP contribution in [0.25, 0.3) is 32.9 Å². The molecule has 0 aliphatic heterocycles. The predicted molar refractivity (Wildman–Crippen MR) is 158 cm³/mol. The SMILES string of the molecule is O=[N+]([O-])c1ccc2c(C(O)(CNc3nc(-c4cccc5ccccc45)cs3)C(F)(F)F)cn(Cc3ccccc3)c2c1. The molecule has 1 unspecified atom stereocenters. The van der Waals surface area contributed by atoms with Crippen LogP contribution in [0.4, 0.5) is 24.0 Å². The second-order valence-electron chi connectivity index (χ2n) is 9.89. The number of thiazole rings is 1. The third-order valence-electron chi connectivity index (χ3n) is 7.25. The Morgan fingerprint density at radius 1 is 0.952 bits per heavy atom. The van der Waals surface area contributed by atoms with Gasteiger partial charge < -0.3 is 15.0 Å². The summed E-state index contributed by atoms with van der Waals surface area (Å²) in [5, 5.41) is 29.5. The van der Waals surface area contributed by atoms with E-state index in [1.54, 1.807) is 29.6 Å². The topological polar surface area (TPSA) is 93.2 Å². The Balaban J connectivity index is 1.37. The molecule has 6 aromatic rings. The molecular weight excluding hydrogens is 565 g/mol. The molecule has 0 aliphatic rings. The van der Waals surface area contributed by atoms with Gasteiger partial charge in [0.25, 0.3) is 5.69 Å². The first-order valence-electron chi connectivity index (χ1n) is 12.9. The maximum absolute atomic E-state index is 14.7. The molecule has 212 valence electrons. The van der Waals surface area contributed by atoms with Crippen molar-refractivity contribution in [3.05, 3.63) is 124 Å².